The molecule has 1 N–H and O–H groups in total. The minimum absolute atomic E-state index is 0.0308. The standard InChI is InChI=1S/C21H32N2O2S/c1-3-23(4-2)20(25)16-26-15-19(24)22-17-21(13-9-6-10-14-21)18-11-7-5-8-12-18/h5,7-8,11-12H,3-4,6,9-10,13-17H2,1-2H3,(H,22,24). The van der Waals surface area contributed by atoms with Gasteiger partial charge < -0.3 is 10.2 Å². The van der Waals surface area contributed by atoms with Gasteiger partial charge in [-0.15, -0.1) is 11.8 Å². The predicted octanol–water partition coefficient (Wildman–Crippen LogP) is 3.61. The van der Waals surface area contributed by atoms with Crippen LogP contribution in [0.5, 0.6) is 0 Å². The maximum Gasteiger partial charge on any atom is 0.232 e. The summed E-state index contributed by atoms with van der Waals surface area (Å²) in [4.78, 5) is 26.1. The maximum atomic E-state index is 12.3. The van der Waals surface area contributed by atoms with E-state index in [-0.39, 0.29) is 17.2 Å². The second-order valence-electron chi connectivity index (χ2n) is 7.04. The fourth-order valence-corrected chi connectivity index (χ4v) is 4.55. The van der Waals surface area contributed by atoms with Crippen LogP contribution in [0, 0.1) is 0 Å². The summed E-state index contributed by atoms with van der Waals surface area (Å²) in [6, 6.07) is 10.6. The van der Waals surface area contributed by atoms with Gasteiger partial charge in [-0.2, -0.15) is 0 Å². The van der Waals surface area contributed by atoms with E-state index in [2.05, 4.69) is 29.6 Å². The van der Waals surface area contributed by atoms with Crippen LogP contribution in [0.1, 0.15) is 51.5 Å². The number of thioether (sulfide) groups is 1. The Morgan fingerprint density at radius 3 is 2.31 bits per heavy atom. The number of amides is 2. The van der Waals surface area contributed by atoms with Crippen LogP contribution in [0.15, 0.2) is 30.3 Å². The Morgan fingerprint density at radius 2 is 1.69 bits per heavy atom. The summed E-state index contributed by atoms with van der Waals surface area (Å²) in [6.07, 6.45) is 5.98. The number of carbonyl (C=O) groups excluding carboxylic acids is 2. The molecular formula is C21H32N2O2S. The van der Waals surface area contributed by atoms with Gasteiger partial charge in [0.25, 0.3) is 0 Å². The number of benzene rings is 1. The molecule has 26 heavy (non-hydrogen) atoms. The molecule has 0 spiro atoms. The first-order valence-corrected chi connectivity index (χ1v) is 10.9. The number of hydrogen-bond donors (Lipinski definition) is 1. The molecule has 2 rings (SSSR count). The molecule has 0 aromatic heterocycles. The number of hydrogen-bond acceptors (Lipinski definition) is 3. The van der Waals surface area contributed by atoms with Gasteiger partial charge in [0.05, 0.1) is 11.5 Å². The van der Waals surface area contributed by atoms with Crippen molar-refractivity contribution in [3.8, 4) is 0 Å². The molecule has 1 aromatic rings. The predicted molar refractivity (Wildman–Crippen MR) is 109 cm³/mol. The Balaban J connectivity index is 1.83. The van der Waals surface area contributed by atoms with Crippen LogP contribution in [0.3, 0.4) is 0 Å². The first-order valence-electron chi connectivity index (χ1n) is 9.79. The first kappa shape index (κ1) is 20.8. The smallest absolute Gasteiger partial charge is 0.232 e. The molecule has 4 nitrogen and oxygen atoms in total. The largest absolute Gasteiger partial charge is 0.354 e. The van der Waals surface area contributed by atoms with E-state index in [9.17, 15) is 9.59 Å². The lowest BCUT2D eigenvalue weighted by molar-refractivity contribution is -0.127. The van der Waals surface area contributed by atoms with Gasteiger partial charge in [-0.3, -0.25) is 9.59 Å². The SMILES string of the molecule is CCN(CC)C(=O)CSCC(=O)NCC1(c2ccccc2)CCCCC1. The van der Waals surface area contributed by atoms with Crippen LogP contribution in [0.25, 0.3) is 0 Å². The van der Waals surface area contributed by atoms with Crippen LogP contribution in [0.2, 0.25) is 0 Å². The molecule has 1 aliphatic rings. The maximum absolute atomic E-state index is 12.3. The Hall–Kier alpha value is -1.49. The van der Waals surface area contributed by atoms with Crippen molar-refractivity contribution < 1.29 is 9.59 Å². The van der Waals surface area contributed by atoms with Gasteiger partial charge in [0.15, 0.2) is 0 Å². The Labute approximate surface area is 162 Å². The normalized spacial score (nSPS) is 16.1. The lowest BCUT2D eigenvalue weighted by Crippen LogP contribution is -2.43. The molecule has 1 saturated carbocycles. The summed E-state index contributed by atoms with van der Waals surface area (Å²) in [7, 11) is 0. The Kier molecular flexibility index (Phi) is 8.49. The van der Waals surface area contributed by atoms with E-state index < -0.39 is 0 Å². The Bertz CT molecular complexity index is 567. The van der Waals surface area contributed by atoms with E-state index in [1.807, 2.05) is 19.9 Å². The summed E-state index contributed by atoms with van der Waals surface area (Å²) in [5.41, 5.74) is 1.40. The third-order valence-electron chi connectivity index (χ3n) is 5.40. The zero-order valence-electron chi connectivity index (χ0n) is 16.1. The lowest BCUT2D eigenvalue weighted by atomic mass is 9.69. The molecule has 1 aliphatic carbocycles. The number of rotatable bonds is 9. The fraction of sp³-hybridized carbons (Fsp3) is 0.619. The molecule has 1 fully saturated rings. The van der Waals surface area contributed by atoms with Gasteiger partial charge in [-0.25, -0.2) is 0 Å². The number of nitrogens with one attached hydrogen (secondary N) is 1. The zero-order chi connectivity index (χ0) is 18.8. The molecule has 0 atom stereocenters. The van der Waals surface area contributed by atoms with E-state index in [1.165, 1.54) is 36.6 Å². The topological polar surface area (TPSA) is 49.4 Å². The molecule has 5 heteroatoms. The highest BCUT2D eigenvalue weighted by Gasteiger charge is 2.34. The highest BCUT2D eigenvalue weighted by atomic mass is 32.2. The molecular weight excluding hydrogens is 344 g/mol. The van der Waals surface area contributed by atoms with E-state index in [1.54, 1.807) is 4.90 Å². The molecule has 0 radical (unpaired) electrons. The quantitative estimate of drug-likeness (QED) is 0.716. The zero-order valence-corrected chi connectivity index (χ0v) is 16.9. The number of nitrogens with zero attached hydrogens (tertiary/aromatic N) is 1. The van der Waals surface area contributed by atoms with Gasteiger partial charge >= 0.3 is 0 Å². The van der Waals surface area contributed by atoms with Crippen molar-refractivity contribution >= 4 is 23.6 Å². The summed E-state index contributed by atoms with van der Waals surface area (Å²) in [5.74, 6) is 0.862. The average Bonchev–Trinajstić information content (AvgIpc) is 2.69. The lowest BCUT2D eigenvalue weighted by Gasteiger charge is -2.38. The van der Waals surface area contributed by atoms with Crippen LogP contribution < -0.4 is 5.32 Å². The van der Waals surface area contributed by atoms with E-state index in [0.29, 0.717) is 18.1 Å². The van der Waals surface area contributed by atoms with Gasteiger partial charge in [0.1, 0.15) is 0 Å². The molecule has 2 amide bonds. The van der Waals surface area contributed by atoms with E-state index in [4.69, 9.17) is 0 Å². The molecule has 0 heterocycles. The third-order valence-corrected chi connectivity index (χ3v) is 6.31. The van der Waals surface area contributed by atoms with Crippen molar-refractivity contribution in [1.82, 2.24) is 10.2 Å². The van der Waals surface area contributed by atoms with Crippen molar-refractivity contribution in [2.75, 3.05) is 31.1 Å². The molecule has 1 aromatic carbocycles. The van der Waals surface area contributed by atoms with Gasteiger partial charge in [-0.05, 0) is 32.3 Å². The summed E-state index contributed by atoms with van der Waals surface area (Å²) in [6.45, 7) is 6.10. The monoisotopic (exact) mass is 376 g/mol. The second kappa shape index (κ2) is 10.6. The van der Waals surface area contributed by atoms with Gasteiger partial charge in [0, 0.05) is 25.0 Å². The Morgan fingerprint density at radius 1 is 1.04 bits per heavy atom. The van der Waals surface area contributed by atoms with Gasteiger partial charge in [0.2, 0.25) is 11.8 Å². The van der Waals surface area contributed by atoms with Crippen LogP contribution in [-0.4, -0.2) is 47.9 Å². The fourth-order valence-electron chi connectivity index (χ4n) is 3.81. The summed E-state index contributed by atoms with van der Waals surface area (Å²) >= 11 is 1.41. The van der Waals surface area contributed by atoms with E-state index >= 15 is 0 Å². The summed E-state index contributed by atoms with van der Waals surface area (Å²) in [5, 5.41) is 3.14. The molecule has 0 bridgehead atoms. The number of carbonyl (C=O) groups is 2. The van der Waals surface area contributed by atoms with Crippen LogP contribution in [0.4, 0.5) is 0 Å². The highest BCUT2D eigenvalue weighted by Crippen LogP contribution is 2.38. The van der Waals surface area contributed by atoms with Crippen LogP contribution in [-0.2, 0) is 15.0 Å². The second-order valence-corrected chi connectivity index (χ2v) is 8.03. The third kappa shape index (κ3) is 5.76. The molecule has 0 unspecified atom stereocenters. The van der Waals surface area contributed by atoms with Crippen molar-refractivity contribution in [2.45, 2.75) is 51.4 Å². The van der Waals surface area contributed by atoms with Gasteiger partial charge in [-0.1, -0.05) is 49.6 Å². The van der Waals surface area contributed by atoms with Crippen molar-refractivity contribution in [3.05, 3.63) is 35.9 Å². The molecule has 144 valence electrons. The minimum Gasteiger partial charge on any atom is -0.354 e. The first-order chi connectivity index (χ1) is 12.6. The van der Waals surface area contributed by atoms with E-state index in [0.717, 1.165) is 25.9 Å². The van der Waals surface area contributed by atoms with Crippen LogP contribution >= 0.6 is 11.8 Å². The average molecular weight is 377 g/mol. The molecule has 0 saturated heterocycles. The van der Waals surface area contributed by atoms with Crippen molar-refractivity contribution in [1.29, 1.82) is 0 Å². The minimum atomic E-state index is 0.0308. The highest BCUT2D eigenvalue weighted by molar-refractivity contribution is 8.00. The molecule has 0 aliphatic heterocycles. The van der Waals surface area contributed by atoms with Crippen molar-refractivity contribution in [2.24, 2.45) is 0 Å². The van der Waals surface area contributed by atoms with Crippen molar-refractivity contribution in [3.63, 3.8) is 0 Å². The summed E-state index contributed by atoms with van der Waals surface area (Å²) < 4.78 is 0.